The molecule has 0 aliphatic carbocycles. The molecule has 27 heavy (non-hydrogen) atoms. The molecule has 0 bridgehead atoms. The van der Waals surface area contributed by atoms with Crippen molar-refractivity contribution in [3.63, 3.8) is 0 Å². The standard InChI is InChI=1S/C23H24ClNO2/c1-2-22(27-21-14-11-18-7-3-4-8-19(18)16-21)23(26)25-15-5-6-17-9-12-20(24)13-10-17/h3-4,7-14,16,22H,2,5-6,15H2,1H3,(H,25,26)/t22-/m1/s1. The average Bonchev–Trinajstić information content (AvgIpc) is 2.70. The lowest BCUT2D eigenvalue weighted by atomic mass is 10.1. The van der Waals surface area contributed by atoms with Gasteiger partial charge in [-0.1, -0.05) is 61.0 Å². The summed E-state index contributed by atoms with van der Waals surface area (Å²) in [6.07, 6.45) is 1.91. The summed E-state index contributed by atoms with van der Waals surface area (Å²) in [5, 5.41) is 5.98. The molecule has 0 saturated carbocycles. The normalized spacial score (nSPS) is 11.9. The van der Waals surface area contributed by atoms with Crippen LogP contribution < -0.4 is 10.1 Å². The van der Waals surface area contributed by atoms with Crippen LogP contribution in [0.1, 0.15) is 25.3 Å². The Hall–Kier alpha value is -2.52. The molecular formula is C23H24ClNO2. The van der Waals surface area contributed by atoms with Crippen LogP contribution in [0.15, 0.2) is 66.7 Å². The zero-order valence-corrected chi connectivity index (χ0v) is 16.2. The number of amides is 1. The van der Waals surface area contributed by atoms with Gasteiger partial charge in [0.2, 0.25) is 0 Å². The summed E-state index contributed by atoms with van der Waals surface area (Å²) in [5.74, 6) is 0.652. The molecule has 3 nitrogen and oxygen atoms in total. The van der Waals surface area contributed by atoms with Crippen LogP contribution in [-0.4, -0.2) is 18.6 Å². The van der Waals surface area contributed by atoms with E-state index >= 15 is 0 Å². The number of hydrogen-bond donors (Lipinski definition) is 1. The zero-order valence-electron chi connectivity index (χ0n) is 15.5. The van der Waals surface area contributed by atoms with Gasteiger partial charge in [-0.2, -0.15) is 0 Å². The number of benzene rings is 3. The Bertz CT molecular complexity index is 892. The molecule has 0 heterocycles. The third-order valence-corrected chi connectivity index (χ3v) is 4.77. The van der Waals surface area contributed by atoms with Crippen molar-refractivity contribution in [3.05, 3.63) is 77.3 Å². The molecular weight excluding hydrogens is 358 g/mol. The first-order valence-corrected chi connectivity index (χ1v) is 9.71. The van der Waals surface area contributed by atoms with E-state index in [2.05, 4.69) is 11.4 Å². The number of ether oxygens (including phenoxy) is 1. The molecule has 4 heteroatoms. The van der Waals surface area contributed by atoms with Gasteiger partial charge in [-0.05, 0) is 59.9 Å². The van der Waals surface area contributed by atoms with Crippen LogP contribution in [0.2, 0.25) is 5.02 Å². The lowest BCUT2D eigenvalue weighted by Gasteiger charge is -2.17. The van der Waals surface area contributed by atoms with Crippen LogP contribution >= 0.6 is 11.6 Å². The van der Waals surface area contributed by atoms with Gasteiger partial charge in [0.15, 0.2) is 6.10 Å². The van der Waals surface area contributed by atoms with Crippen molar-refractivity contribution in [1.82, 2.24) is 5.32 Å². The zero-order chi connectivity index (χ0) is 19.1. The summed E-state index contributed by atoms with van der Waals surface area (Å²) in [6.45, 7) is 2.58. The maximum absolute atomic E-state index is 12.4. The summed E-state index contributed by atoms with van der Waals surface area (Å²) in [7, 11) is 0. The maximum Gasteiger partial charge on any atom is 0.261 e. The van der Waals surface area contributed by atoms with E-state index in [0.29, 0.717) is 13.0 Å². The Kier molecular flexibility index (Phi) is 6.72. The first-order chi connectivity index (χ1) is 13.2. The molecule has 1 amide bonds. The average molecular weight is 382 g/mol. The first-order valence-electron chi connectivity index (χ1n) is 9.33. The summed E-state index contributed by atoms with van der Waals surface area (Å²) in [4.78, 5) is 12.4. The molecule has 3 rings (SSSR count). The molecule has 1 N–H and O–H groups in total. The van der Waals surface area contributed by atoms with Gasteiger partial charge in [-0.25, -0.2) is 0 Å². The van der Waals surface area contributed by atoms with Gasteiger partial charge in [0.25, 0.3) is 5.91 Å². The largest absolute Gasteiger partial charge is 0.481 e. The van der Waals surface area contributed by atoms with Crippen molar-refractivity contribution in [2.75, 3.05) is 6.54 Å². The van der Waals surface area contributed by atoms with E-state index in [1.54, 1.807) is 0 Å². The third-order valence-electron chi connectivity index (χ3n) is 4.52. The second-order valence-electron chi connectivity index (χ2n) is 6.54. The highest BCUT2D eigenvalue weighted by Gasteiger charge is 2.17. The Labute approximate surface area is 165 Å². The van der Waals surface area contributed by atoms with E-state index < -0.39 is 6.10 Å². The Balaban J connectivity index is 1.50. The van der Waals surface area contributed by atoms with Crippen molar-refractivity contribution < 1.29 is 9.53 Å². The van der Waals surface area contributed by atoms with Crippen molar-refractivity contribution in [1.29, 1.82) is 0 Å². The minimum absolute atomic E-state index is 0.0678. The van der Waals surface area contributed by atoms with Crippen molar-refractivity contribution in [3.8, 4) is 5.75 Å². The van der Waals surface area contributed by atoms with Gasteiger partial charge in [0.1, 0.15) is 5.75 Å². The van der Waals surface area contributed by atoms with Crippen molar-refractivity contribution in [2.24, 2.45) is 0 Å². The molecule has 0 saturated heterocycles. The predicted octanol–water partition coefficient (Wildman–Crippen LogP) is 5.40. The summed E-state index contributed by atoms with van der Waals surface area (Å²) in [6, 6.07) is 21.8. The van der Waals surface area contributed by atoms with E-state index in [0.717, 1.165) is 34.4 Å². The highest BCUT2D eigenvalue weighted by atomic mass is 35.5. The van der Waals surface area contributed by atoms with Crippen LogP contribution in [0.25, 0.3) is 10.8 Å². The molecule has 0 radical (unpaired) electrons. The van der Waals surface area contributed by atoms with Gasteiger partial charge >= 0.3 is 0 Å². The molecule has 1 atom stereocenters. The molecule has 140 valence electrons. The summed E-state index contributed by atoms with van der Waals surface area (Å²) in [5.41, 5.74) is 1.22. The molecule has 0 unspecified atom stereocenters. The van der Waals surface area contributed by atoms with Crippen LogP contribution in [0.5, 0.6) is 5.75 Å². The van der Waals surface area contributed by atoms with Gasteiger partial charge in [0, 0.05) is 11.6 Å². The summed E-state index contributed by atoms with van der Waals surface area (Å²) < 4.78 is 5.94. The fraction of sp³-hybridized carbons (Fsp3) is 0.261. The van der Waals surface area contributed by atoms with Crippen LogP contribution in [-0.2, 0) is 11.2 Å². The second-order valence-corrected chi connectivity index (χ2v) is 6.98. The van der Waals surface area contributed by atoms with Crippen LogP contribution in [0, 0.1) is 0 Å². The van der Waals surface area contributed by atoms with Gasteiger partial charge < -0.3 is 10.1 Å². The number of rotatable bonds is 8. The van der Waals surface area contributed by atoms with Gasteiger partial charge in [-0.15, -0.1) is 0 Å². The SMILES string of the molecule is CC[C@@H](Oc1ccc2ccccc2c1)C(=O)NCCCc1ccc(Cl)cc1. The fourth-order valence-corrected chi connectivity index (χ4v) is 3.12. The smallest absolute Gasteiger partial charge is 0.261 e. The topological polar surface area (TPSA) is 38.3 Å². The number of halogens is 1. The second kappa shape index (κ2) is 9.43. The van der Waals surface area contributed by atoms with E-state index in [1.165, 1.54) is 5.56 Å². The first kappa shape index (κ1) is 19.2. The monoisotopic (exact) mass is 381 g/mol. The van der Waals surface area contributed by atoms with E-state index in [9.17, 15) is 4.79 Å². The van der Waals surface area contributed by atoms with E-state index in [1.807, 2.05) is 67.6 Å². The predicted molar refractivity (Wildman–Crippen MR) is 111 cm³/mol. The third kappa shape index (κ3) is 5.48. The van der Waals surface area contributed by atoms with E-state index in [-0.39, 0.29) is 5.91 Å². The number of aryl methyl sites for hydroxylation is 1. The number of fused-ring (bicyclic) bond motifs is 1. The lowest BCUT2D eigenvalue weighted by molar-refractivity contribution is -0.128. The Morgan fingerprint density at radius 2 is 1.78 bits per heavy atom. The number of hydrogen-bond acceptors (Lipinski definition) is 2. The minimum Gasteiger partial charge on any atom is -0.481 e. The molecule has 0 fully saturated rings. The highest BCUT2D eigenvalue weighted by Crippen LogP contribution is 2.22. The van der Waals surface area contributed by atoms with Crippen molar-refractivity contribution in [2.45, 2.75) is 32.3 Å². The maximum atomic E-state index is 12.4. The number of carbonyl (C=O) groups excluding carboxylic acids is 1. The van der Waals surface area contributed by atoms with Crippen LogP contribution in [0.3, 0.4) is 0 Å². The van der Waals surface area contributed by atoms with Gasteiger partial charge in [-0.3, -0.25) is 4.79 Å². The quantitative estimate of drug-likeness (QED) is 0.530. The fourth-order valence-electron chi connectivity index (χ4n) is 3.00. The molecule has 0 aromatic heterocycles. The molecule has 0 spiro atoms. The number of nitrogens with one attached hydrogen (secondary N) is 1. The molecule has 3 aromatic carbocycles. The Morgan fingerprint density at radius 3 is 2.52 bits per heavy atom. The lowest BCUT2D eigenvalue weighted by Crippen LogP contribution is -2.38. The summed E-state index contributed by atoms with van der Waals surface area (Å²) >= 11 is 5.89. The van der Waals surface area contributed by atoms with Crippen LogP contribution in [0.4, 0.5) is 0 Å². The Morgan fingerprint density at radius 1 is 1.04 bits per heavy atom. The highest BCUT2D eigenvalue weighted by molar-refractivity contribution is 6.30. The minimum atomic E-state index is -0.485. The molecule has 0 aliphatic heterocycles. The number of carbonyl (C=O) groups is 1. The molecule has 3 aromatic rings. The van der Waals surface area contributed by atoms with E-state index in [4.69, 9.17) is 16.3 Å². The van der Waals surface area contributed by atoms with Gasteiger partial charge in [0.05, 0.1) is 0 Å². The van der Waals surface area contributed by atoms with Crippen molar-refractivity contribution >= 4 is 28.3 Å². The molecule has 0 aliphatic rings.